The van der Waals surface area contributed by atoms with Gasteiger partial charge in [-0.3, -0.25) is 0 Å². The first-order valence-electron chi connectivity index (χ1n) is 5.36. The summed E-state index contributed by atoms with van der Waals surface area (Å²) in [5.74, 6) is 1.22. The summed E-state index contributed by atoms with van der Waals surface area (Å²) in [4.78, 5) is 1.48. The molecular weight excluding hydrogens is 222 g/mol. The molecule has 2 unspecified atom stereocenters. The molecule has 0 spiro atoms. The average Bonchev–Trinajstić information content (AvgIpc) is 2.68. The maximum absolute atomic E-state index is 5.61. The Balaban J connectivity index is 1.85. The van der Waals surface area contributed by atoms with E-state index in [1.807, 2.05) is 23.5 Å². The molecule has 1 aliphatic heterocycles. The summed E-state index contributed by atoms with van der Waals surface area (Å²) in [5, 5.41) is 1.34. The first kappa shape index (κ1) is 11.4. The zero-order valence-electron chi connectivity index (χ0n) is 8.98. The Bertz CT molecular complexity index is 302. The van der Waals surface area contributed by atoms with Gasteiger partial charge in [0, 0.05) is 27.7 Å². The van der Waals surface area contributed by atoms with Crippen molar-refractivity contribution in [1.82, 2.24) is 0 Å². The van der Waals surface area contributed by atoms with E-state index in [2.05, 4.69) is 31.2 Å². The fourth-order valence-electron chi connectivity index (χ4n) is 1.69. The van der Waals surface area contributed by atoms with Crippen LogP contribution in [0.15, 0.2) is 29.2 Å². The highest BCUT2D eigenvalue weighted by Crippen LogP contribution is 2.38. The maximum Gasteiger partial charge on any atom is 0.0226 e. The molecule has 1 heterocycles. The van der Waals surface area contributed by atoms with Gasteiger partial charge in [-0.25, -0.2) is 0 Å². The minimum absolute atomic E-state index is 0.592. The SMILES string of the molecule is CC(CN)SCC1Cc2ccccc2S1. The summed E-state index contributed by atoms with van der Waals surface area (Å²) in [6.07, 6.45) is 1.23. The Morgan fingerprint density at radius 2 is 2.33 bits per heavy atom. The highest BCUT2D eigenvalue weighted by Gasteiger charge is 2.21. The predicted molar refractivity (Wildman–Crippen MR) is 70.8 cm³/mol. The van der Waals surface area contributed by atoms with Gasteiger partial charge in [0.1, 0.15) is 0 Å². The van der Waals surface area contributed by atoms with Gasteiger partial charge in [-0.2, -0.15) is 11.8 Å². The maximum atomic E-state index is 5.61. The lowest BCUT2D eigenvalue weighted by atomic mass is 10.1. The normalized spacial score (nSPS) is 21.3. The summed E-state index contributed by atoms with van der Waals surface area (Å²) in [7, 11) is 0. The van der Waals surface area contributed by atoms with Crippen molar-refractivity contribution in [3.63, 3.8) is 0 Å². The van der Waals surface area contributed by atoms with Crippen LogP contribution in [0, 0.1) is 0 Å². The number of hydrogen-bond acceptors (Lipinski definition) is 3. The predicted octanol–water partition coefficient (Wildman–Crippen LogP) is 2.78. The van der Waals surface area contributed by atoms with E-state index >= 15 is 0 Å². The zero-order valence-corrected chi connectivity index (χ0v) is 10.6. The third-order valence-corrected chi connectivity index (χ3v) is 5.50. The van der Waals surface area contributed by atoms with Crippen molar-refractivity contribution < 1.29 is 0 Å². The van der Waals surface area contributed by atoms with Crippen LogP contribution in [0.4, 0.5) is 0 Å². The van der Waals surface area contributed by atoms with Gasteiger partial charge in [0.2, 0.25) is 0 Å². The first-order valence-corrected chi connectivity index (χ1v) is 7.28. The summed E-state index contributed by atoms with van der Waals surface area (Å²) in [6.45, 7) is 2.99. The highest BCUT2D eigenvalue weighted by atomic mass is 32.2. The number of benzene rings is 1. The number of thioether (sulfide) groups is 2. The van der Waals surface area contributed by atoms with Crippen molar-refractivity contribution in [3.05, 3.63) is 29.8 Å². The summed E-state index contributed by atoms with van der Waals surface area (Å²) < 4.78 is 0. The molecule has 15 heavy (non-hydrogen) atoms. The lowest BCUT2D eigenvalue weighted by Crippen LogP contribution is -2.16. The fraction of sp³-hybridized carbons (Fsp3) is 0.500. The van der Waals surface area contributed by atoms with Crippen LogP contribution in [-0.2, 0) is 6.42 Å². The average molecular weight is 239 g/mol. The van der Waals surface area contributed by atoms with Crippen LogP contribution in [0.25, 0.3) is 0 Å². The summed E-state index contributed by atoms with van der Waals surface area (Å²) >= 11 is 4.03. The number of fused-ring (bicyclic) bond motifs is 1. The molecule has 0 bridgehead atoms. The molecule has 0 saturated carbocycles. The van der Waals surface area contributed by atoms with Gasteiger partial charge < -0.3 is 5.73 Å². The molecule has 0 saturated heterocycles. The van der Waals surface area contributed by atoms with Crippen LogP contribution in [0.5, 0.6) is 0 Å². The van der Waals surface area contributed by atoms with Gasteiger partial charge in [-0.1, -0.05) is 25.1 Å². The van der Waals surface area contributed by atoms with E-state index in [0.717, 1.165) is 11.8 Å². The van der Waals surface area contributed by atoms with Crippen LogP contribution in [-0.4, -0.2) is 22.8 Å². The second-order valence-electron chi connectivity index (χ2n) is 3.93. The van der Waals surface area contributed by atoms with Crippen molar-refractivity contribution in [2.24, 2.45) is 5.73 Å². The van der Waals surface area contributed by atoms with Crippen molar-refractivity contribution in [2.45, 2.75) is 28.7 Å². The van der Waals surface area contributed by atoms with Gasteiger partial charge in [0.25, 0.3) is 0 Å². The van der Waals surface area contributed by atoms with Gasteiger partial charge >= 0.3 is 0 Å². The van der Waals surface area contributed by atoms with Gasteiger partial charge in [0.05, 0.1) is 0 Å². The molecule has 0 radical (unpaired) electrons. The Kier molecular flexibility index (Phi) is 4.00. The standard InChI is InChI=1S/C12H17NS2/c1-9(7-13)14-8-11-6-10-4-2-3-5-12(10)15-11/h2-5,9,11H,6-8,13H2,1H3. The molecule has 82 valence electrons. The molecule has 1 aromatic carbocycles. The van der Waals surface area contributed by atoms with E-state index in [9.17, 15) is 0 Å². The zero-order chi connectivity index (χ0) is 10.7. The third kappa shape index (κ3) is 2.92. The Hall–Kier alpha value is -0.120. The van der Waals surface area contributed by atoms with Gasteiger partial charge in [0.15, 0.2) is 0 Å². The van der Waals surface area contributed by atoms with Crippen molar-refractivity contribution in [3.8, 4) is 0 Å². The highest BCUT2D eigenvalue weighted by molar-refractivity contribution is 8.03. The van der Waals surface area contributed by atoms with Gasteiger partial charge in [-0.05, 0) is 18.1 Å². The second kappa shape index (κ2) is 5.28. The van der Waals surface area contributed by atoms with Crippen molar-refractivity contribution in [2.75, 3.05) is 12.3 Å². The smallest absolute Gasteiger partial charge is 0.0226 e. The number of rotatable bonds is 4. The van der Waals surface area contributed by atoms with Crippen LogP contribution < -0.4 is 5.73 Å². The van der Waals surface area contributed by atoms with Crippen LogP contribution in [0.2, 0.25) is 0 Å². The molecule has 2 N–H and O–H groups in total. The topological polar surface area (TPSA) is 26.0 Å². The van der Waals surface area contributed by atoms with E-state index in [4.69, 9.17) is 5.73 Å². The van der Waals surface area contributed by atoms with Crippen LogP contribution in [0.3, 0.4) is 0 Å². The molecule has 0 aromatic heterocycles. The Morgan fingerprint density at radius 1 is 1.53 bits per heavy atom. The van der Waals surface area contributed by atoms with Crippen LogP contribution in [0.1, 0.15) is 12.5 Å². The molecule has 0 fully saturated rings. The second-order valence-corrected chi connectivity index (χ2v) is 6.74. The van der Waals surface area contributed by atoms with Gasteiger partial charge in [-0.15, -0.1) is 11.8 Å². The first-order chi connectivity index (χ1) is 7.29. The van der Waals surface area contributed by atoms with E-state index in [1.165, 1.54) is 22.6 Å². The van der Waals surface area contributed by atoms with Crippen LogP contribution >= 0.6 is 23.5 Å². The monoisotopic (exact) mass is 239 g/mol. The quantitative estimate of drug-likeness (QED) is 0.875. The van der Waals surface area contributed by atoms with Crippen molar-refractivity contribution in [1.29, 1.82) is 0 Å². The number of hydrogen-bond donors (Lipinski definition) is 1. The third-order valence-electron chi connectivity index (χ3n) is 2.61. The Labute approximate surface area is 100 Å². The molecular formula is C12H17NS2. The largest absolute Gasteiger partial charge is 0.329 e. The molecule has 1 aromatic rings. The summed E-state index contributed by atoms with van der Waals surface area (Å²) in [6, 6.07) is 8.75. The minimum Gasteiger partial charge on any atom is -0.329 e. The van der Waals surface area contributed by atoms with E-state index in [-0.39, 0.29) is 0 Å². The van der Waals surface area contributed by atoms with E-state index in [0.29, 0.717) is 5.25 Å². The van der Waals surface area contributed by atoms with E-state index in [1.54, 1.807) is 0 Å². The lowest BCUT2D eigenvalue weighted by Gasteiger charge is -2.11. The van der Waals surface area contributed by atoms with E-state index < -0.39 is 0 Å². The molecule has 2 rings (SSSR count). The molecule has 1 nitrogen and oxygen atoms in total. The molecule has 2 atom stereocenters. The summed E-state index contributed by atoms with van der Waals surface area (Å²) in [5.41, 5.74) is 7.14. The number of nitrogens with two attached hydrogens (primary N) is 1. The Morgan fingerprint density at radius 3 is 3.07 bits per heavy atom. The molecule has 0 aliphatic carbocycles. The lowest BCUT2D eigenvalue weighted by molar-refractivity contribution is 0.931. The fourth-order valence-corrected chi connectivity index (χ4v) is 4.07. The molecule has 3 heteroatoms. The molecule has 0 amide bonds. The minimum atomic E-state index is 0.592. The molecule has 1 aliphatic rings. The van der Waals surface area contributed by atoms with Crippen molar-refractivity contribution >= 4 is 23.5 Å².